The molecular formula is C40H31BN2. The Balaban J connectivity index is 1.39. The summed E-state index contributed by atoms with van der Waals surface area (Å²) in [4.78, 5) is 5.18. The van der Waals surface area contributed by atoms with Crippen LogP contribution in [0.4, 0.5) is 28.4 Å². The predicted octanol–water partition coefficient (Wildman–Crippen LogP) is 8.94. The van der Waals surface area contributed by atoms with Gasteiger partial charge in [-0.15, -0.1) is 0 Å². The number of aryl methyl sites for hydroxylation is 1. The lowest BCUT2D eigenvalue weighted by molar-refractivity contribution is 0.686. The van der Waals surface area contributed by atoms with Gasteiger partial charge in [0.25, 0.3) is 0 Å². The molecule has 2 aliphatic heterocycles. The first-order valence-electron chi connectivity index (χ1n) is 15.5. The molecule has 6 aromatic rings. The van der Waals surface area contributed by atoms with Gasteiger partial charge >= 0.3 is 6.85 Å². The topological polar surface area (TPSA) is 6.48 Å². The van der Waals surface area contributed by atoms with E-state index in [9.17, 15) is 0 Å². The van der Waals surface area contributed by atoms with Crippen LogP contribution in [0.15, 0.2) is 140 Å². The maximum Gasteiger partial charge on any atom is 0.333 e. The summed E-state index contributed by atoms with van der Waals surface area (Å²) in [5.74, 6) is 0. The van der Waals surface area contributed by atoms with Gasteiger partial charge < -0.3 is 9.71 Å². The molecule has 43 heavy (non-hydrogen) atoms. The predicted molar refractivity (Wildman–Crippen MR) is 182 cm³/mol. The molecule has 0 fully saturated rings. The number of nitrogens with zero attached hydrogens (tertiary/aromatic N) is 2. The molecule has 0 saturated heterocycles. The van der Waals surface area contributed by atoms with Crippen LogP contribution in [0.5, 0.6) is 0 Å². The van der Waals surface area contributed by atoms with Crippen molar-refractivity contribution >= 4 is 46.2 Å². The molecule has 0 N–H and O–H groups in total. The Labute approximate surface area is 254 Å². The fraction of sp³-hybridized carbons (Fsp3) is 0.100. The third-order valence-corrected chi connectivity index (χ3v) is 9.63. The number of fused-ring (bicyclic) bond motifs is 5. The highest BCUT2D eigenvalue weighted by Crippen LogP contribution is 2.49. The molecular weight excluding hydrogens is 519 g/mol. The first-order valence-corrected chi connectivity index (χ1v) is 15.5. The van der Waals surface area contributed by atoms with Gasteiger partial charge in [-0.05, 0) is 89.2 Å². The number of benzene rings is 6. The molecule has 2 heterocycles. The Morgan fingerprint density at radius 3 is 2.02 bits per heavy atom. The third-order valence-electron chi connectivity index (χ3n) is 9.63. The molecule has 0 bridgehead atoms. The van der Waals surface area contributed by atoms with Crippen molar-refractivity contribution in [2.45, 2.75) is 25.7 Å². The van der Waals surface area contributed by atoms with Gasteiger partial charge in [0, 0.05) is 33.9 Å². The van der Waals surface area contributed by atoms with E-state index in [0.717, 1.165) is 12.8 Å². The normalized spacial score (nSPS) is 14.5. The van der Waals surface area contributed by atoms with Crippen LogP contribution in [-0.2, 0) is 12.8 Å². The van der Waals surface area contributed by atoms with Crippen molar-refractivity contribution in [1.29, 1.82) is 0 Å². The number of hydrogen-bond acceptors (Lipinski definition) is 2. The molecule has 204 valence electrons. The van der Waals surface area contributed by atoms with Crippen LogP contribution in [0.2, 0.25) is 0 Å². The van der Waals surface area contributed by atoms with Crippen LogP contribution < -0.4 is 20.6 Å². The highest BCUT2D eigenvalue weighted by Gasteiger charge is 2.45. The van der Waals surface area contributed by atoms with E-state index in [2.05, 4.69) is 149 Å². The summed E-state index contributed by atoms with van der Waals surface area (Å²) in [5.41, 5.74) is 17.3. The van der Waals surface area contributed by atoms with Crippen molar-refractivity contribution in [2.75, 3.05) is 9.71 Å². The van der Waals surface area contributed by atoms with Crippen molar-refractivity contribution in [3.63, 3.8) is 0 Å². The molecule has 0 radical (unpaired) electrons. The fourth-order valence-corrected chi connectivity index (χ4v) is 7.83. The van der Waals surface area contributed by atoms with E-state index in [1.807, 2.05) is 0 Å². The van der Waals surface area contributed by atoms with E-state index < -0.39 is 0 Å². The van der Waals surface area contributed by atoms with Crippen molar-refractivity contribution in [3.05, 3.63) is 151 Å². The van der Waals surface area contributed by atoms with Crippen LogP contribution >= 0.6 is 0 Å². The zero-order valence-corrected chi connectivity index (χ0v) is 24.1. The minimum atomic E-state index is 0.0654. The lowest BCUT2D eigenvalue weighted by Gasteiger charge is -2.46. The summed E-state index contributed by atoms with van der Waals surface area (Å²) in [5, 5.41) is 0. The smallest absolute Gasteiger partial charge is 0.333 e. The van der Waals surface area contributed by atoms with Gasteiger partial charge in [-0.3, -0.25) is 0 Å². The molecule has 6 aromatic carbocycles. The number of rotatable bonds is 3. The number of hydrogen-bond donors (Lipinski definition) is 0. The van der Waals surface area contributed by atoms with Gasteiger partial charge in [0.05, 0.1) is 5.69 Å². The van der Waals surface area contributed by atoms with E-state index in [1.165, 1.54) is 85.6 Å². The summed E-state index contributed by atoms with van der Waals surface area (Å²) in [6, 6.07) is 51.7. The highest BCUT2D eigenvalue weighted by atomic mass is 15.2. The van der Waals surface area contributed by atoms with Gasteiger partial charge in [0.15, 0.2) is 0 Å². The largest absolute Gasteiger partial charge is 0.376 e. The second-order valence-corrected chi connectivity index (χ2v) is 11.9. The van der Waals surface area contributed by atoms with Crippen molar-refractivity contribution in [2.24, 2.45) is 0 Å². The van der Waals surface area contributed by atoms with Crippen LogP contribution in [0, 0.1) is 0 Å². The maximum atomic E-state index is 2.62. The first-order chi connectivity index (χ1) is 21.4. The summed E-state index contributed by atoms with van der Waals surface area (Å²) >= 11 is 0. The van der Waals surface area contributed by atoms with Gasteiger partial charge in [-0.25, -0.2) is 0 Å². The molecule has 3 heteroatoms. The van der Waals surface area contributed by atoms with E-state index in [-0.39, 0.29) is 6.85 Å². The van der Waals surface area contributed by atoms with Gasteiger partial charge in [-0.2, -0.15) is 0 Å². The molecule has 1 aliphatic carbocycles. The number of para-hydroxylation sites is 3. The second kappa shape index (κ2) is 9.78. The Hall–Kier alpha value is -5.02. The van der Waals surface area contributed by atoms with Gasteiger partial charge in [0.1, 0.15) is 0 Å². The van der Waals surface area contributed by atoms with Crippen LogP contribution in [0.25, 0.3) is 22.3 Å². The van der Waals surface area contributed by atoms with Crippen molar-refractivity contribution in [3.8, 4) is 22.3 Å². The first kappa shape index (κ1) is 24.6. The minimum Gasteiger partial charge on any atom is -0.376 e. The molecule has 0 unspecified atom stereocenters. The standard InChI is InChI=1S/C40H31BN2/c1-3-14-28(15-4-1)32-27-26-29-16-7-8-19-31(29)40(32)42-37-24-12-10-22-35(37)41-39-34(21-13-25-38(39)42)33-20-9-11-23-36(33)43(41)30-17-5-2-6-18-30/h1-6,9-15,17-18,20-27H,7-8,16,19H2. The van der Waals surface area contributed by atoms with Crippen LogP contribution in [0.3, 0.4) is 0 Å². The summed E-state index contributed by atoms with van der Waals surface area (Å²) in [6.45, 7) is 0.0654. The monoisotopic (exact) mass is 550 g/mol. The Kier molecular flexibility index (Phi) is 5.59. The van der Waals surface area contributed by atoms with E-state index in [0.29, 0.717) is 0 Å². The van der Waals surface area contributed by atoms with Crippen molar-refractivity contribution < 1.29 is 0 Å². The summed E-state index contributed by atoms with van der Waals surface area (Å²) in [7, 11) is 0. The quantitative estimate of drug-likeness (QED) is 0.203. The van der Waals surface area contributed by atoms with Crippen LogP contribution in [-0.4, -0.2) is 6.85 Å². The zero-order chi connectivity index (χ0) is 28.3. The summed E-state index contributed by atoms with van der Waals surface area (Å²) < 4.78 is 0. The second-order valence-electron chi connectivity index (χ2n) is 11.9. The highest BCUT2D eigenvalue weighted by molar-refractivity contribution is 6.93. The Bertz CT molecular complexity index is 2000. The van der Waals surface area contributed by atoms with E-state index in [4.69, 9.17) is 0 Å². The SMILES string of the molecule is c1ccc(-c2ccc3c(c2N2c4ccccc4B4c5c(cccc52)-c2ccccc2N4c2ccccc2)CCCC3)cc1. The Morgan fingerprint density at radius 2 is 1.16 bits per heavy atom. The molecule has 0 spiro atoms. The zero-order valence-electron chi connectivity index (χ0n) is 24.1. The average molecular weight is 551 g/mol. The van der Waals surface area contributed by atoms with Crippen LogP contribution in [0.1, 0.15) is 24.0 Å². The molecule has 0 amide bonds. The lowest BCUT2D eigenvalue weighted by atomic mass is 9.43. The maximum absolute atomic E-state index is 2.62. The minimum absolute atomic E-state index is 0.0654. The Morgan fingerprint density at radius 1 is 0.488 bits per heavy atom. The third kappa shape index (κ3) is 3.68. The molecule has 0 atom stereocenters. The number of anilines is 5. The molecule has 0 aromatic heterocycles. The van der Waals surface area contributed by atoms with E-state index >= 15 is 0 Å². The molecule has 9 rings (SSSR count). The van der Waals surface area contributed by atoms with E-state index in [1.54, 1.807) is 0 Å². The average Bonchev–Trinajstić information content (AvgIpc) is 3.09. The summed E-state index contributed by atoms with van der Waals surface area (Å²) in [6.07, 6.45) is 4.76. The fourth-order valence-electron chi connectivity index (χ4n) is 7.83. The molecule has 2 nitrogen and oxygen atoms in total. The molecule has 3 aliphatic rings. The van der Waals surface area contributed by atoms with Gasteiger partial charge in [0.2, 0.25) is 0 Å². The molecule has 0 saturated carbocycles. The van der Waals surface area contributed by atoms with Gasteiger partial charge in [-0.1, -0.05) is 109 Å². The van der Waals surface area contributed by atoms with Crippen molar-refractivity contribution in [1.82, 2.24) is 0 Å². The lowest BCUT2D eigenvalue weighted by Crippen LogP contribution is -2.61.